The summed E-state index contributed by atoms with van der Waals surface area (Å²) in [5.41, 5.74) is -0.868. The Morgan fingerprint density at radius 1 is 1.06 bits per heavy atom. The largest absolute Gasteiger partial charge is 0.469 e. The normalized spacial score (nSPS) is 13.4. The molecule has 36 heavy (non-hydrogen) atoms. The van der Waals surface area contributed by atoms with Gasteiger partial charge in [-0.15, -0.1) is 11.3 Å². The first-order valence-electron chi connectivity index (χ1n) is 10.8. The Kier molecular flexibility index (Phi) is 9.30. The van der Waals surface area contributed by atoms with Crippen LogP contribution in [-0.4, -0.2) is 44.8 Å². The van der Waals surface area contributed by atoms with Gasteiger partial charge in [-0.2, -0.15) is 4.39 Å². The molecule has 192 valence electrons. The van der Waals surface area contributed by atoms with Gasteiger partial charge in [-0.05, 0) is 43.9 Å². The second kappa shape index (κ2) is 12.2. The van der Waals surface area contributed by atoms with Crippen molar-refractivity contribution in [1.82, 2.24) is 0 Å². The first-order valence-corrected chi connectivity index (χ1v) is 11.9. The van der Waals surface area contributed by atoms with Crippen LogP contribution in [0.4, 0.5) is 14.5 Å². The standard InChI is InChI=1S/C24H22ClF2NO7S/c1-33-12-35-24(32)16-9-4-3-8-15(16)23(31)28(22(30)13-6-5-7-14(26)10-13)20-19(25)17(36-21(20)27)11-18(29)34-2/h5-7,10H,3-4,8-9,11-12H2,1-2H3. The van der Waals surface area contributed by atoms with E-state index in [0.29, 0.717) is 29.1 Å². The molecule has 0 saturated heterocycles. The van der Waals surface area contributed by atoms with E-state index in [4.69, 9.17) is 21.1 Å². The molecule has 0 bridgehead atoms. The molecule has 3 rings (SSSR count). The number of imide groups is 1. The number of methoxy groups -OCH3 is 2. The molecule has 1 aliphatic rings. The Hall–Kier alpha value is -3.15. The molecular formula is C24H22ClF2NO7S. The minimum atomic E-state index is -1.06. The highest BCUT2D eigenvalue weighted by Gasteiger charge is 2.37. The van der Waals surface area contributed by atoms with Crippen LogP contribution in [0.25, 0.3) is 0 Å². The predicted molar refractivity (Wildman–Crippen MR) is 127 cm³/mol. The summed E-state index contributed by atoms with van der Waals surface area (Å²) in [6.07, 6.45) is 1.02. The average molecular weight is 542 g/mol. The van der Waals surface area contributed by atoms with Gasteiger partial charge in [-0.1, -0.05) is 17.7 Å². The Labute approximate surface area is 214 Å². The number of hydrogen-bond donors (Lipinski definition) is 0. The van der Waals surface area contributed by atoms with Gasteiger partial charge in [0.1, 0.15) is 11.5 Å². The van der Waals surface area contributed by atoms with Gasteiger partial charge in [0.05, 0.1) is 18.6 Å². The van der Waals surface area contributed by atoms with E-state index < -0.39 is 46.8 Å². The zero-order chi connectivity index (χ0) is 26.4. The topological polar surface area (TPSA) is 99.2 Å². The van der Waals surface area contributed by atoms with Crippen LogP contribution in [-0.2, 0) is 35.0 Å². The number of ether oxygens (including phenoxy) is 3. The van der Waals surface area contributed by atoms with Gasteiger partial charge >= 0.3 is 11.9 Å². The van der Waals surface area contributed by atoms with Crippen LogP contribution in [0.3, 0.4) is 0 Å². The number of carbonyl (C=O) groups is 4. The summed E-state index contributed by atoms with van der Waals surface area (Å²) in [5.74, 6) is -4.34. The Balaban J connectivity index is 2.16. The van der Waals surface area contributed by atoms with Crippen molar-refractivity contribution >= 4 is 52.4 Å². The molecule has 0 spiro atoms. The summed E-state index contributed by atoms with van der Waals surface area (Å²) in [6.45, 7) is -0.350. The van der Waals surface area contributed by atoms with E-state index in [1.807, 2.05) is 0 Å². The number of anilines is 1. The second-order valence-corrected chi connectivity index (χ2v) is 9.11. The summed E-state index contributed by atoms with van der Waals surface area (Å²) in [6, 6.07) is 4.50. The highest BCUT2D eigenvalue weighted by Crippen LogP contribution is 2.41. The van der Waals surface area contributed by atoms with Gasteiger partial charge in [-0.3, -0.25) is 14.4 Å². The minimum absolute atomic E-state index is 0.0261. The van der Waals surface area contributed by atoms with Crippen LogP contribution in [0.5, 0.6) is 0 Å². The molecule has 0 radical (unpaired) electrons. The van der Waals surface area contributed by atoms with Gasteiger partial charge in [0.25, 0.3) is 11.8 Å². The third kappa shape index (κ3) is 5.97. The van der Waals surface area contributed by atoms with Crippen molar-refractivity contribution in [3.63, 3.8) is 0 Å². The fourth-order valence-electron chi connectivity index (χ4n) is 3.67. The predicted octanol–water partition coefficient (Wildman–Crippen LogP) is 4.59. The summed E-state index contributed by atoms with van der Waals surface area (Å²) in [4.78, 5) is 52.1. The third-order valence-corrected chi connectivity index (χ3v) is 6.85. The van der Waals surface area contributed by atoms with Gasteiger partial charge in [0.15, 0.2) is 6.79 Å². The van der Waals surface area contributed by atoms with E-state index >= 15 is 4.39 Å². The summed E-state index contributed by atoms with van der Waals surface area (Å²) in [7, 11) is 2.46. The molecule has 2 amide bonds. The molecule has 0 saturated carbocycles. The van der Waals surface area contributed by atoms with Gasteiger partial charge < -0.3 is 14.2 Å². The zero-order valence-corrected chi connectivity index (χ0v) is 21.0. The van der Waals surface area contributed by atoms with Gasteiger partial charge in [0.2, 0.25) is 5.13 Å². The smallest absolute Gasteiger partial charge is 0.336 e. The minimum Gasteiger partial charge on any atom is -0.469 e. The first kappa shape index (κ1) is 27.4. The quantitative estimate of drug-likeness (QED) is 0.274. The van der Waals surface area contributed by atoms with Crippen molar-refractivity contribution in [3.05, 3.63) is 61.8 Å². The summed E-state index contributed by atoms with van der Waals surface area (Å²) in [5, 5.41) is -1.36. The van der Waals surface area contributed by atoms with Crippen molar-refractivity contribution in [2.24, 2.45) is 0 Å². The van der Waals surface area contributed by atoms with Crippen molar-refractivity contribution in [3.8, 4) is 0 Å². The number of amides is 2. The van der Waals surface area contributed by atoms with Crippen molar-refractivity contribution < 1.29 is 42.2 Å². The lowest BCUT2D eigenvalue weighted by atomic mass is 9.90. The van der Waals surface area contributed by atoms with Crippen molar-refractivity contribution in [2.45, 2.75) is 32.1 Å². The van der Waals surface area contributed by atoms with Crippen LogP contribution in [0.1, 0.15) is 40.9 Å². The molecule has 1 aliphatic carbocycles. The van der Waals surface area contributed by atoms with Crippen molar-refractivity contribution in [2.75, 3.05) is 25.9 Å². The molecule has 1 aromatic carbocycles. The van der Waals surface area contributed by atoms with E-state index in [9.17, 15) is 23.6 Å². The molecule has 0 aliphatic heterocycles. The van der Waals surface area contributed by atoms with Crippen molar-refractivity contribution in [1.29, 1.82) is 0 Å². The van der Waals surface area contributed by atoms with E-state index in [1.54, 1.807) is 0 Å². The Bertz CT molecular complexity index is 1230. The lowest BCUT2D eigenvalue weighted by Gasteiger charge is -2.25. The van der Waals surface area contributed by atoms with Crippen LogP contribution in [0, 0.1) is 10.9 Å². The SMILES string of the molecule is COCOC(=O)C1=C(C(=O)N(C(=O)c2cccc(F)c2)c2c(F)sc(CC(=O)OC)c2Cl)CCCC1. The van der Waals surface area contributed by atoms with Crippen LogP contribution in [0.2, 0.25) is 5.02 Å². The maximum atomic E-state index is 15.2. The van der Waals surface area contributed by atoms with Crippen LogP contribution < -0.4 is 4.90 Å². The van der Waals surface area contributed by atoms with E-state index in [1.165, 1.54) is 19.2 Å². The lowest BCUT2D eigenvalue weighted by molar-refractivity contribution is -0.149. The van der Waals surface area contributed by atoms with Gasteiger partial charge in [-0.25, -0.2) is 14.1 Å². The number of halogens is 3. The molecule has 2 aromatic rings. The maximum Gasteiger partial charge on any atom is 0.336 e. The number of benzene rings is 1. The van der Waals surface area contributed by atoms with Crippen LogP contribution in [0.15, 0.2) is 35.4 Å². The molecule has 0 atom stereocenters. The fraction of sp³-hybridized carbons (Fsp3) is 0.333. The number of nitrogens with zero attached hydrogens (tertiary/aromatic N) is 1. The Morgan fingerprint density at radius 3 is 2.39 bits per heavy atom. The first-order chi connectivity index (χ1) is 17.2. The van der Waals surface area contributed by atoms with Crippen LogP contribution >= 0.6 is 22.9 Å². The van der Waals surface area contributed by atoms with E-state index in [2.05, 4.69) is 4.74 Å². The number of rotatable bonds is 8. The number of esters is 2. The average Bonchev–Trinajstić information content (AvgIpc) is 3.14. The number of thiophene rings is 1. The molecule has 1 aromatic heterocycles. The molecule has 1 heterocycles. The highest BCUT2D eigenvalue weighted by atomic mass is 35.5. The number of carbonyl (C=O) groups excluding carboxylic acids is 4. The zero-order valence-electron chi connectivity index (χ0n) is 19.4. The molecule has 0 N–H and O–H groups in total. The maximum absolute atomic E-state index is 15.2. The molecule has 0 fully saturated rings. The third-order valence-electron chi connectivity index (χ3n) is 5.37. The van der Waals surface area contributed by atoms with E-state index in [0.717, 1.165) is 19.2 Å². The summed E-state index contributed by atoms with van der Waals surface area (Å²) >= 11 is 6.82. The molecule has 12 heteroatoms. The second-order valence-electron chi connectivity index (χ2n) is 7.67. The fourth-order valence-corrected chi connectivity index (χ4v) is 4.96. The van der Waals surface area contributed by atoms with Gasteiger partial charge in [0, 0.05) is 28.7 Å². The molecular weight excluding hydrogens is 520 g/mol. The monoisotopic (exact) mass is 541 g/mol. The number of hydrogen-bond acceptors (Lipinski definition) is 8. The highest BCUT2D eigenvalue weighted by molar-refractivity contribution is 7.11. The molecule has 8 nitrogen and oxygen atoms in total. The molecule has 0 unspecified atom stereocenters. The summed E-state index contributed by atoms with van der Waals surface area (Å²) < 4.78 is 43.4. The van der Waals surface area contributed by atoms with E-state index in [-0.39, 0.29) is 46.2 Å². The Morgan fingerprint density at radius 2 is 1.75 bits per heavy atom. The lowest BCUT2D eigenvalue weighted by Crippen LogP contribution is -2.40.